The summed E-state index contributed by atoms with van der Waals surface area (Å²) in [6, 6.07) is 5.77. The Morgan fingerprint density at radius 2 is 2.00 bits per heavy atom. The van der Waals surface area contributed by atoms with Crippen LogP contribution in [0.5, 0.6) is 5.75 Å². The Balaban J connectivity index is 2.81. The van der Waals surface area contributed by atoms with Crippen LogP contribution in [-0.4, -0.2) is 21.2 Å². The number of halogens is 1. The maximum absolute atomic E-state index is 10.7. The summed E-state index contributed by atoms with van der Waals surface area (Å²) in [5.41, 5.74) is 0.0717. The summed E-state index contributed by atoms with van der Waals surface area (Å²) >= 11 is 5.86. The van der Waals surface area contributed by atoms with Gasteiger partial charge in [0.25, 0.3) is 0 Å². The molecule has 1 aromatic heterocycles. The van der Waals surface area contributed by atoms with Crippen molar-refractivity contribution in [1.82, 2.24) is 4.98 Å². The summed E-state index contributed by atoms with van der Waals surface area (Å²) in [4.78, 5) is 14.5. The van der Waals surface area contributed by atoms with E-state index in [1.165, 1.54) is 24.3 Å². The number of carboxylic acid groups (broad SMARTS) is 1. The Bertz CT molecular complexity index is 554. The molecular weight excluding hydrogens is 218 g/mol. The molecule has 4 nitrogen and oxygen atoms in total. The van der Waals surface area contributed by atoms with E-state index in [2.05, 4.69) is 4.98 Å². The number of aromatic hydroxyl groups is 1. The van der Waals surface area contributed by atoms with Gasteiger partial charge in [-0.15, -0.1) is 0 Å². The van der Waals surface area contributed by atoms with E-state index >= 15 is 0 Å². The number of carboxylic acids is 1. The minimum absolute atomic E-state index is 0.0856. The lowest BCUT2D eigenvalue weighted by molar-refractivity contribution is 0.0691. The molecule has 2 N–H and O–H groups in total. The highest BCUT2D eigenvalue weighted by Gasteiger charge is 2.09. The Kier molecular flexibility index (Phi) is 2.21. The number of fused-ring (bicyclic) bond motifs is 1. The topological polar surface area (TPSA) is 70.4 Å². The number of rotatable bonds is 1. The van der Waals surface area contributed by atoms with Gasteiger partial charge in [-0.1, -0.05) is 11.6 Å². The maximum atomic E-state index is 10.7. The summed E-state index contributed by atoms with van der Waals surface area (Å²) in [5, 5.41) is 19.2. The highest BCUT2D eigenvalue weighted by atomic mass is 35.5. The zero-order chi connectivity index (χ0) is 11.0. The number of aromatic carboxylic acids is 1. The second-order valence-corrected chi connectivity index (χ2v) is 3.37. The monoisotopic (exact) mass is 223 g/mol. The summed E-state index contributed by atoms with van der Waals surface area (Å²) in [6.45, 7) is 0. The van der Waals surface area contributed by atoms with E-state index < -0.39 is 5.97 Å². The van der Waals surface area contributed by atoms with E-state index in [9.17, 15) is 9.90 Å². The first-order valence-corrected chi connectivity index (χ1v) is 4.49. The van der Waals surface area contributed by atoms with Gasteiger partial charge in [-0.05, 0) is 24.3 Å². The predicted octanol–water partition coefficient (Wildman–Crippen LogP) is 2.29. The van der Waals surface area contributed by atoms with Crippen LogP contribution >= 0.6 is 11.6 Å². The lowest BCUT2D eigenvalue weighted by Gasteiger charge is -2.03. The van der Waals surface area contributed by atoms with Crippen LogP contribution in [0, 0.1) is 0 Å². The Morgan fingerprint density at radius 3 is 2.67 bits per heavy atom. The molecule has 0 spiro atoms. The van der Waals surface area contributed by atoms with Gasteiger partial charge in [0.1, 0.15) is 17.0 Å². The van der Waals surface area contributed by atoms with E-state index in [1.807, 2.05) is 0 Å². The minimum atomic E-state index is -1.14. The standard InChI is InChI=1S/C10H6ClNO3/c11-6-2-4-8(13)9-5(6)1-3-7(12-9)10(14)15/h1-4,13H,(H,14,15). The van der Waals surface area contributed by atoms with Crippen LogP contribution in [0.2, 0.25) is 5.02 Å². The molecular formula is C10H6ClNO3. The van der Waals surface area contributed by atoms with E-state index in [1.54, 1.807) is 0 Å². The number of phenols is 1. The van der Waals surface area contributed by atoms with Gasteiger partial charge in [0.05, 0.1) is 5.02 Å². The number of nitrogens with zero attached hydrogens (tertiary/aromatic N) is 1. The lowest BCUT2D eigenvalue weighted by Crippen LogP contribution is -1.99. The molecule has 5 heteroatoms. The van der Waals surface area contributed by atoms with Gasteiger partial charge in [-0.2, -0.15) is 0 Å². The molecule has 76 valence electrons. The largest absolute Gasteiger partial charge is 0.506 e. The first-order chi connectivity index (χ1) is 7.09. The molecule has 0 aliphatic rings. The number of pyridine rings is 1. The van der Waals surface area contributed by atoms with Crippen LogP contribution in [0.25, 0.3) is 10.9 Å². The number of hydrogen-bond donors (Lipinski definition) is 2. The molecule has 2 aromatic rings. The molecule has 1 aromatic carbocycles. The number of hydrogen-bond acceptors (Lipinski definition) is 3. The summed E-state index contributed by atoms with van der Waals surface area (Å²) < 4.78 is 0. The number of carbonyl (C=O) groups is 1. The van der Waals surface area contributed by atoms with Gasteiger partial charge in [0.2, 0.25) is 0 Å². The summed E-state index contributed by atoms with van der Waals surface area (Å²) in [5.74, 6) is -1.23. The van der Waals surface area contributed by atoms with Crippen LogP contribution < -0.4 is 0 Å². The predicted molar refractivity (Wildman–Crippen MR) is 55.4 cm³/mol. The lowest BCUT2D eigenvalue weighted by atomic mass is 10.2. The number of phenolic OH excluding ortho intramolecular Hbond substituents is 1. The van der Waals surface area contributed by atoms with Gasteiger partial charge in [0.15, 0.2) is 0 Å². The fourth-order valence-electron chi connectivity index (χ4n) is 1.29. The summed E-state index contributed by atoms with van der Waals surface area (Å²) in [7, 11) is 0. The first-order valence-electron chi connectivity index (χ1n) is 4.11. The first kappa shape index (κ1) is 9.73. The van der Waals surface area contributed by atoms with E-state index in [0.29, 0.717) is 10.4 Å². The van der Waals surface area contributed by atoms with Crippen LogP contribution in [0.15, 0.2) is 24.3 Å². The van der Waals surface area contributed by atoms with Crippen molar-refractivity contribution in [3.8, 4) is 5.75 Å². The molecule has 2 rings (SSSR count). The molecule has 0 atom stereocenters. The molecule has 0 unspecified atom stereocenters. The fraction of sp³-hybridized carbons (Fsp3) is 0. The SMILES string of the molecule is O=C(O)c1ccc2c(Cl)ccc(O)c2n1. The average Bonchev–Trinajstić information content (AvgIpc) is 2.23. The molecule has 0 saturated heterocycles. The highest BCUT2D eigenvalue weighted by Crippen LogP contribution is 2.29. The molecule has 0 fully saturated rings. The fourth-order valence-corrected chi connectivity index (χ4v) is 1.50. The third-order valence-corrected chi connectivity index (χ3v) is 2.33. The van der Waals surface area contributed by atoms with E-state index in [4.69, 9.17) is 16.7 Å². The van der Waals surface area contributed by atoms with Crippen molar-refractivity contribution in [2.45, 2.75) is 0 Å². The zero-order valence-electron chi connectivity index (χ0n) is 7.44. The van der Waals surface area contributed by atoms with Gasteiger partial charge in [0, 0.05) is 5.39 Å². The number of benzene rings is 1. The second-order valence-electron chi connectivity index (χ2n) is 2.96. The van der Waals surface area contributed by atoms with Crippen LogP contribution in [0.4, 0.5) is 0 Å². The molecule has 0 radical (unpaired) electrons. The maximum Gasteiger partial charge on any atom is 0.354 e. The molecule has 15 heavy (non-hydrogen) atoms. The third-order valence-electron chi connectivity index (χ3n) is 2.00. The quantitative estimate of drug-likeness (QED) is 0.778. The van der Waals surface area contributed by atoms with Crippen molar-refractivity contribution >= 4 is 28.5 Å². The summed E-state index contributed by atoms with van der Waals surface area (Å²) in [6.07, 6.45) is 0. The molecule has 0 bridgehead atoms. The van der Waals surface area contributed by atoms with Crippen molar-refractivity contribution in [2.75, 3.05) is 0 Å². The van der Waals surface area contributed by atoms with Crippen molar-refractivity contribution in [3.05, 3.63) is 35.0 Å². The van der Waals surface area contributed by atoms with Crippen LogP contribution in [-0.2, 0) is 0 Å². The molecule has 0 saturated carbocycles. The highest BCUT2D eigenvalue weighted by molar-refractivity contribution is 6.35. The van der Waals surface area contributed by atoms with E-state index in [0.717, 1.165) is 0 Å². The van der Waals surface area contributed by atoms with Crippen molar-refractivity contribution in [3.63, 3.8) is 0 Å². The Morgan fingerprint density at radius 1 is 1.27 bits per heavy atom. The average molecular weight is 224 g/mol. The van der Waals surface area contributed by atoms with Crippen molar-refractivity contribution in [2.24, 2.45) is 0 Å². The van der Waals surface area contributed by atoms with Crippen LogP contribution in [0.3, 0.4) is 0 Å². The van der Waals surface area contributed by atoms with Gasteiger partial charge < -0.3 is 10.2 Å². The van der Waals surface area contributed by atoms with Crippen molar-refractivity contribution in [1.29, 1.82) is 0 Å². The van der Waals surface area contributed by atoms with Crippen LogP contribution in [0.1, 0.15) is 10.5 Å². The minimum Gasteiger partial charge on any atom is -0.506 e. The normalized spacial score (nSPS) is 10.5. The Labute approximate surface area is 89.8 Å². The third kappa shape index (κ3) is 1.59. The molecule has 0 aliphatic carbocycles. The van der Waals surface area contributed by atoms with Gasteiger partial charge in [-0.3, -0.25) is 0 Å². The smallest absolute Gasteiger partial charge is 0.354 e. The van der Waals surface area contributed by atoms with Gasteiger partial charge in [-0.25, -0.2) is 9.78 Å². The molecule has 1 heterocycles. The van der Waals surface area contributed by atoms with Gasteiger partial charge >= 0.3 is 5.97 Å². The van der Waals surface area contributed by atoms with Crippen molar-refractivity contribution < 1.29 is 15.0 Å². The molecule has 0 amide bonds. The number of aromatic nitrogens is 1. The zero-order valence-corrected chi connectivity index (χ0v) is 8.19. The van der Waals surface area contributed by atoms with E-state index in [-0.39, 0.29) is 17.0 Å². The second kappa shape index (κ2) is 3.40. The molecule has 0 aliphatic heterocycles. The Hall–Kier alpha value is -1.81.